The van der Waals surface area contributed by atoms with E-state index in [0.717, 1.165) is 31.6 Å². The molecule has 0 spiro atoms. The van der Waals surface area contributed by atoms with Crippen LogP contribution in [0.3, 0.4) is 0 Å². The van der Waals surface area contributed by atoms with Crippen molar-refractivity contribution in [2.75, 3.05) is 18.4 Å². The molecule has 1 aliphatic rings. The van der Waals surface area contributed by atoms with E-state index in [1.165, 1.54) is 5.56 Å². The van der Waals surface area contributed by atoms with Gasteiger partial charge in [0.05, 0.1) is 0 Å². The van der Waals surface area contributed by atoms with E-state index in [1.54, 1.807) is 0 Å². The zero-order valence-corrected chi connectivity index (χ0v) is 10.6. The van der Waals surface area contributed by atoms with Crippen molar-refractivity contribution in [3.8, 4) is 0 Å². The second kappa shape index (κ2) is 5.21. The number of para-hydroxylation sites is 1. The number of anilines is 1. The first kappa shape index (κ1) is 12.0. The van der Waals surface area contributed by atoms with E-state index < -0.39 is 0 Å². The average Bonchev–Trinajstić information content (AvgIpc) is 2.78. The van der Waals surface area contributed by atoms with Crippen LogP contribution in [0.25, 0.3) is 0 Å². The fourth-order valence-electron chi connectivity index (χ4n) is 2.36. The first-order chi connectivity index (χ1) is 8.26. The highest BCUT2D eigenvalue weighted by atomic mass is 16.2. The van der Waals surface area contributed by atoms with Crippen molar-refractivity contribution in [1.82, 2.24) is 4.90 Å². The molecule has 1 atom stereocenters. The highest BCUT2D eigenvalue weighted by Gasteiger charge is 2.28. The van der Waals surface area contributed by atoms with Crippen molar-refractivity contribution in [3.05, 3.63) is 29.8 Å². The Morgan fingerprint density at radius 2 is 2.18 bits per heavy atom. The van der Waals surface area contributed by atoms with E-state index >= 15 is 0 Å². The number of fused-ring (bicyclic) bond motifs is 1. The highest BCUT2D eigenvalue weighted by Crippen LogP contribution is 2.25. The Hall–Kier alpha value is -1.51. The minimum absolute atomic E-state index is 0.0705. The van der Waals surface area contributed by atoms with Crippen molar-refractivity contribution < 1.29 is 4.79 Å². The molecule has 1 heterocycles. The van der Waals surface area contributed by atoms with Crippen LogP contribution >= 0.6 is 0 Å². The first-order valence-corrected chi connectivity index (χ1v) is 6.39. The molecule has 0 radical (unpaired) electrons. The molecule has 0 saturated carbocycles. The van der Waals surface area contributed by atoms with Gasteiger partial charge in [-0.15, -0.1) is 0 Å². The standard InChI is InChI=1S/C14H20N2O/c1-3-9-16(4-2)14(17)13-10-11-7-5-6-8-12(11)15-13/h5-8,13,15H,3-4,9-10H2,1-2H3/t13-/m0/s1. The van der Waals surface area contributed by atoms with Crippen LogP contribution in [-0.4, -0.2) is 29.9 Å². The average molecular weight is 232 g/mol. The number of nitrogens with one attached hydrogen (secondary N) is 1. The van der Waals surface area contributed by atoms with E-state index in [0.29, 0.717) is 0 Å². The topological polar surface area (TPSA) is 32.3 Å². The molecule has 1 N–H and O–H groups in total. The molecular weight excluding hydrogens is 212 g/mol. The van der Waals surface area contributed by atoms with Crippen molar-refractivity contribution in [2.24, 2.45) is 0 Å². The Morgan fingerprint density at radius 3 is 2.82 bits per heavy atom. The highest BCUT2D eigenvalue weighted by molar-refractivity contribution is 5.87. The molecule has 0 unspecified atom stereocenters. The molecule has 0 aromatic heterocycles. The van der Waals surface area contributed by atoms with Crippen LogP contribution in [0.2, 0.25) is 0 Å². The predicted molar refractivity (Wildman–Crippen MR) is 70.1 cm³/mol. The molecule has 3 nitrogen and oxygen atoms in total. The zero-order valence-electron chi connectivity index (χ0n) is 10.6. The van der Waals surface area contributed by atoms with Gasteiger partial charge in [0.25, 0.3) is 0 Å². The number of nitrogens with zero attached hydrogens (tertiary/aromatic N) is 1. The molecule has 92 valence electrons. The van der Waals surface area contributed by atoms with E-state index in [1.807, 2.05) is 30.0 Å². The Kier molecular flexibility index (Phi) is 3.67. The van der Waals surface area contributed by atoms with Gasteiger partial charge >= 0.3 is 0 Å². The quantitative estimate of drug-likeness (QED) is 0.863. The third-order valence-electron chi connectivity index (χ3n) is 3.26. The molecule has 0 saturated heterocycles. The van der Waals surface area contributed by atoms with Crippen LogP contribution in [0.15, 0.2) is 24.3 Å². The summed E-state index contributed by atoms with van der Waals surface area (Å²) in [6.07, 6.45) is 1.83. The fourth-order valence-corrected chi connectivity index (χ4v) is 2.36. The van der Waals surface area contributed by atoms with Gasteiger partial charge in [-0.25, -0.2) is 0 Å². The summed E-state index contributed by atoms with van der Waals surface area (Å²) in [5, 5.41) is 3.32. The molecule has 17 heavy (non-hydrogen) atoms. The number of hydrogen-bond donors (Lipinski definition) is 1. The van der Waals surface area contributed by atoms with Crippen molar-refractivity contribution in [1.29, 1.82) is 0 Å². The van der Waals surface area contributed by atoms with E-state index in [-0.39, 0.29) is 11.9 Å². The van der Waals surface area contributed by atoms with Gasteiger partial charge in [0.1, 0.15) is 6.04 Å². The maximum absolute atomic E-state index is 12.3. The molecule has 3 heteroatoms. The zero-order chi connectivity index (χ0) is 12.3. The number of amides is 1. The van der Waals surface area contributed by atoms with Crippen LogP contribution in [-0.2, 0) is 11.2 Å². The van der Waals surface area contributed by atoms with Gasteiger partial charge in [0.2, 0.25) is 5.91 Å². The SMILES string of the molecule is CCCN(CC)C(=O)[C@@H]1Cc2ccccc2N1. The second-order valence-electron chi connectivity index (χ2n) is 4.48. The normalized spacial score (nSPS) is 17.4. The van der Waals surface area contributed by atoms with Gasteiger partial charge < -0.3 is 10.2 Å². The third-order valence-corrected chi connectivity index (χ3v) is 3.26. The smallest absolute Gasteiger partial charge is 0.245 e. The van der Waals surface area contributed by atoms with Gasteiger partial charge in [-0.3, -0.25) is 4.79 Å². The molecule has 1 aromatic carbocycles. The molecule has 1 amide bonds. The van der Waals surface area contributed by atoms with Crippen molar-refractivity contribution >= 4 is 11.6 Å². The third kappa shape index (κ3) is 2.43. The molecule has 2 rings (SSSR count). The molecule has 0 aliphatic carbocycles. The first-order valence-electron chi connectivity index (χ1n) is 6.39. The summed E-state index contributed by atoms with van der Waals surface area (Å²) in [6, 6.07) is 8.09. The van der Waals surface area contributed by atoms with E-state index in [4.69, 9.17) is 0 Å². The number of rotatable bonds is 4. The lowest BCUT2D eigenvalue weighted by molar-refractivity contribution is -0.131. The molecule has 1 aromatic rings. The van der Waals surface area contributed by atoms with Gasteiger partial charge in [-0.1, -0.05) is 25.1 Å². The summed E-state index contributed by atoms with van der Waals surface area (Å²) in [5.41, 5.74) is 2.36. The molecule has 0 bridgehead atoms. The van der Waals surface area contributed by atoms with Crippen LogP contribution < -0.4 is 5.32 Å². The van der Waals surface area contributed by atoms with Crippen LogP contribution in [0.5, 0.6) is 0 Å². The molecule has 1 aliphatic heterocycles. The summed E-state index contributed by atoms with van der Waals surface area (Å²) in [4.78, 5) is 14.2. The van der Waals surface area contributed by atoms with Crippen molar-refractivity contribution in [2.45, 2.75) is 32.7 Å². The van der Waals surface area contributed by atoms with Crippen LogP contribution in [0.4, 0.5) is 5.69 Å². The summed E-state index contributed by atoms with van der Waals surface area (Å²) in [7, 11) is 0. The summed E-state index contributed by atoms with van der Waals surface area (Å²) in [6.45, 7) is 5.79. The molecular formula is C14H20N2O. The lowest BCUT2D eigenvalue weighted by atomic mass is 10.1. The maximum atomic E-state index is 12.3. The minimum Gasteiger partial charge on any atom is -0.373 e. The maximum Gasteiger partial charge on any atom is 0.245 e. The summed E-state index contributed by atoms with van der Waals surface area (Å²) < 4.78 is 0. The second-order valence-corrected chi connectivity index (χ2v) is 4.48. The van der Waals surface area contributed by atoms with Crippen LogP contribution in [0.1, 0.15) is 25.8 Å². The van der Waals surface area contributed by atoms with Gasteiger partial charge in [-0.2, -0.15) is 0 Å². The van der Waals surface area contributed by atoms with Crippen LogP contribution in [0, 0.1) is 0 Å². The molecule has 0 fully saturated rings. The predicted octanol–water partition coefficient (Wildman–Crippen LogP) is 2.28. The Morgan fingerprint density at radius 1 is 1.41 bits per heavy atom. The Balaban J connectivity index is 2.04. The minimum atomic E-state index is -0.0705. The monoisotopic (exact) mass is 232 g/mol. The number of carbonyl (C=O) groups excluding carboxylic acids is 1. The largest absolute Gasteiger partial charge is 0.373 e. The van der Waals surface area contributed by atoms with E-state index in [2.05, 4.69) is 18.3 Å². The number of carbonyl (C=O) groups is 1. The summed E-state index contributed by atoms with van der Waals surface area (Å²) >= 11 is 0. The lowest BCUT2D eigenvalue weighted by Gasteiger charge is -2.23. The van der Waals surface area contributed by atoms with Gasteiger partial charge in [-0.05, 0) is 25.0 Å². The lowest BCUT2D eigenvalue weighted by Crippen LogP contribution is -2.42. The van der Waals surface area contributed by atoms with Crippen molar-refractivity contribution in [3.63, 3.8) is 0 Å². The summed E-state index contributed by atoms with van der Waals surface area (Å²) in [5.74, 6) is 0.227. The fraction of sp³-hybridized carbons (Fsp3) is 0.500. The Bertz CT molecular complexity index is 378. The van der Waals surface area contributed by atoms with Gasteiger partial charge in [0.15, 0.2) is 0 Å². The Labute approximate surface area is 103 Å². The van der Waals surface area contributed by atoms with E-state index in [9.17, 15) is 4.79 Å². The van der Waals surface area contributed by atoms with Gasteiger partial charge in [0, 0.05) is 25.2 Å². The number of hydrogen-bond acceptors (Lipinski definition) is 2. The number of likely N-dealkylation sites (N-methyl/N-ethyl adjacent to an activating group) is 1. The number of benzene rings is 1.